The molecule has 0 saturated heterocycles. The summed E-state index contributed by atoms with van der Waals surface area (Å²) in [6.07, 6.45) is 8.05. The van der Waals surface area contributed by atoms with Crippen molar-refractivity contribution in [2.24, 2.45) is 11.8 Å². The van der Waals surface area contributed by atoms with Crippen LogP contribution in [-0.2, 0) is 11.3 Å². The summed E-state index contributed by atoms with van der Waals surface area (Å²) in [5, 5.41) is 16.0. The molecule has 0 fully saturated rings. The molecule has 0 spiro atoms. The number of hydrogen-bond donors (Lipinski definition) is 1. The summed E-state index contributed by atoms with van der Waals surface area (Å²) in [4.78, 5) is 10.6. The van der Waals surface area contributed by atoms with Gasteiger partial charge in [-0.1, -0.05) is 24.3 Å². The van der Waals surface area contributed by atoms with Gasteiger partial charge in [-0.15, -0.1) is 5.10 Å². The molecule has 19 heavy (non-hydrogen) atoms. The average Bonchev–Trinajstić information content (AvgIpc) is 2.85. The third kappa shape index (κ3) is 3.89. The summed E-state index contributed by atoms with van der Waals surface area (Å²) in [6, 6.07) is 0. The zero-order chi connectivity index (χ0) is 13.7. The standard InChI is InChI=1S/C13H19N3O3/c1-10-4-2-3-5-11(10)9-19-7-6-16-8-12(13(17)18)14-15-16/h2-3,8,10-11H,4-7,9H2,1H3,(H,17,18). The van der Waals surface area contributed by atoms with Crippen molar-refractivity contribution in [2.45, 2.75) is 26.3 Å². The SMILES string of the molecule is CC1CC=CCC1COCCn1cc(C(=O)O)nn1. The van der Waals surface area contributed by atoms with Crippen LogP contribution in [0, 0.1) is 11.8 Å². The summed E-state index contributed by atoms with van der Waals surface area (Å²) in [7, 11) is 0. The van der Waals surface area contributed by atoms with Gasteiger partial charge in [-0.25, -0.2) is 9.48 Å². The van der Waals surface area contributed by atoms with Crippen molar-refractivity contribution in [1.82, 2.24) is 15.0 Å². The lowest BCUT2D eigenvalue weighted by atomic mass is 9.85. The van der Waals surface area contributed by atoms with Crippen molar-refractivity contribution >= 4 is 5.97 Å². The van der Waals surface area contributed by atoms with Gasteiger partial charge in [0.05, 0.1) is 26.0 Å². The molecule has 6 heteroatoms. The monoisotopic (exact) mass is 265 g/mol. The Kier molecular flexibility index (Phi) is 4.68. The van der Waals surface area contributed by atoms with Crippen LogP contribution in [0.15, 0.2) is 18.3 Å². The minimum absolute atomic E-state index is 0.0361. The number of carboxylic acid groups (broad SMARTS) is 1. The Morgan fingerprint density at radius 1 is 1.53 bits per heavy atom. The lowest BCUT2D eigenvalue weighted by Crippen LogP contribution is -2.20. The van der Waals surface area contributed by atoms with E-state index in [0.717, 1.165) is 19.4 Å². The number of rotatable bonds is 6. The zero-order valence-corrected chi connectivity index (χ0v) is 11.0. The second-order valence-electron chi connectivity index (χ2n) is 4.93. The fraction of sp³-hybridized carbons (Fsp3) is 0.615. The molecule has 0 bridgehead atoms. The number of allylic oxidation sites excluding steroid dienone is 2. The molecule has 1 aliphatic rings. The van der Waals surface area contributed by atoms with Crippen molar-refractivity contribution in [1.29, 1.82) is 0 Å². The topological polar surface area (TPSA) is 77.2 Å². The van der Waals surface area contributed by atoms with Gasteiger partial charge in [-0.05, 0) is 24.7 Å². The highest BCUT2D eigenvalue weighted by Gasteiger charge is 2.18. The second-order valence-corrected chi connectivity index (χ2v) is 4.93. The lowest BCUT2D eigenvalue weighted by molar-refractivity contribution is 0.0688. The number of nitrogens with zero attached hydrogens (tertiary/aromatic N) is 3. The van der Waals surface area contributed by atoms with E-state index in [4.69, 9.17) is 9.84 Å². The first-order chi connectivity index (χ1) is 9.16. The molecule has 1 aromatic rings. The van der Waals surface area contributed by atoms with E-state index in [9.17, 15) is 4.79 Å². The molecular formula is C13H19N3O3. The molecule has 2 unspecified atom stereocenters. The van der Waals surface area contributed by atoms with Crippen molar-refractivity contribution < 1.29 is 14.6 Å². The van der Waals surface area contributed by atoms with Crippen LogP contribution in [0.25, 0.3) is 0 Å². The number of aromatic carboxylic acids is 1. The van der Waals surface area contributed by atoms with E-state index in [1.807, 2.05) is 0 Å². The van der Waals surface area contributed by atoms with Gasteiger partial charge in [-0.2, -0.15) is 0 Å². The molecule has 6 nitrogen and oxygen atoms in total. The summed E-state index contributed by atoms with van der Waals surface area (Å²) in [5.41, 5.74) is -0.0361. The smallest absolute Gasteiger partial charge is 0.358 e. The third-order valence-corrected chi connectivity index (χ3v) is 3.47. The van der Waals surface area contributed by atoms with Crippen LogP contribution in [0.1, 0.15) is 30.3 Å². The van der Waals surface area contributed by atoms with E-state index in [1.165, 1.54) is 10.9 Å². The van der Waals surface area contributed by atoms with Crippen LogP contribution < -0.4 is 0 Å². The van der Waals surface area contributed by atoms with Crippen molar-refractivity contribution in [3.63, 3.8) is 0 Å². The molecule has 1 heterocycles. The van der Waals surface area contributed by atoms with E-state index in [-0.39, 0.29) is 5.69 Å². The maximum atomic E-state index is 10.6. The van der Waals surface area contributed by atoms with Gasteiger partial charge < -0.3 is 9.84 Å². The van der Waals surface area contributed by atoms with E-state index >= 15 is 0 Å². The number of aromatic nitrogens is 3. The normalized spacial score (nSPS) is 22.6. The first-order valence-electron chi connectivity index (χ1n) is 6.53. The van der Waals surface area contributed by atoms with E-state index in [1.54, 1.807) is 0 Å². The molecule has 0 aliphatic heterocycles. The molecule has 0 saturated carbocycles. The van der Waals surface area contributed by atoms with Crippen LogP contribution in [-0.4, -0.2) is 39.3 Å². The quantitative estimate of drug-likeness (QED) is 0.624. The maximum absolute atomic E-state index is 10.6. The van der Waals surface area contributed by atoms with Gasteiger partial charge in [0.1, 0.15) is 0 Å². The van der Waals surface area contributed by atoms with E-state index < -0.39 is 5.97 Å². The highest BCUT2D eigenvalue weighted by Crippen LogP contribution is 2.24. The number of carbonyl (C=O) groups is 1. The van der Waals surface area contributed by atoms with Gasteiger partial charge in [0.2, 0.25) is 0 Å². The molecule has 1 aromatic heterocycles. The van der Waals surface area contributed by atoms with Crippen LogP contribution in [0.2, 0.25) is 0 Å². The maximum Gasteiger partial charge on any atom is 0.358 e. The second kappa shape index (κ2) is 6.47. The molecule has 0 amide bonds. The predicted octanol–water partition coefficient (Wildman–Crippen LogP) is 1.60. The van der Waals surface area contributed by atoms with Gasteiger partial charge >= 0.3 is 5.97 Å². The first-order valence-corrected chi connectivity index (χ1v) is 6.53. The molecule has 1 N–H and O–H groups in total. The number of hydrogen-bond acceptors (Lipinski definition) is 4. The number of carboxylic acids is 1. The Morgan fingerprint density at radius 2 is 2.32 bits per heavy atom. The van der Waals surface area contributed by atoms with Crippen molar-refractivity contribution in [3.05, 3.63) is 24.0 Å². The Morgan fingerprint density at radius 3 is 3.00 bits per heavy atom. The fourth-order valence-electron chi connectivity index (χ4n) is 2.14. The molecule has 0 radical (unpaired) electrons. The summed E-state index contributed by atoms with van der Waals surface area (Å²) >= 11 is 0. The Bertz CT molecular complexity index is 456. The van der Waals surface area contributed by atoms with Crippen molar-refractivity contribution in [2.75, 3.05) is 13.2 Å². The lowest BCUT2D eigenvalue weighted by Gasteiger charge is -2.24. The Balaban J connectivity index is 1.68. The van der Waals surface area contributed by atoms with Crippen LogP contribution >= 0.6 is 0 Å². The van der Waals surface area contributed by atoms with Gasteiger partial charge in [-0.3, -0.25) is 0 Å². The van der Waals surface area contributed by atoms with Gasteiger partial charge in [0.25, 0.3) is 0 Å². The minimum atomic E-state index is -1.06. The predicted molar refractivity (Wildman–Crippen MR) is 68.8 cm³/mol. The van der Waals surface area contributed by atoms with Crippen LogP contribution in [0.5, 0.6) is 0 Å². The highest BCUT2D eigenvalue weighted by atomic mass is 16.5. The fourth-order valence-corrected chi connectivity index (χ4v) is 2.14. The highest BCUT2D eigenvalue weighted by molar-refractivity contribution is 5.84. The van der Waals surface area contributed by atoms with Crippen LogP contribution in [0.4, 0.5) is 0 Å². The summed E-state index contributed by atoms with van der Waals surface area (Å²) in [6.45, 7) is 4.03. The van der Waals surface area contributed by atoms with Gasteiger partial charge in [0, 0.05) is 0 Å². The third-order valence-electron chi connectivity index (χ3n) is 3.47. The zero-order valence-electron chi connectivity index (χ0n) is 11.0. The van der Waals surface area contributed by atoms with E-state index in [0.29, 0.717) is 25.0 Å². The van der Waals surface area contributed by atoms with E-state index in [2.05, 4.69) is 29.4 Å². The molecule has 1 aliphatic carbocycles. The molecular weight excluding hydrogens is 246 g/mol. The Labute approximate surface area is 112 Å². The van der Waals surface area contributed by atoms with Gasteiger partial charge in [0.15, 0.2) is 5.69 Å². The average molecular weight is 265 g/mol. The molecule has 2 rings (SSSR count). The molecule has 2 atom stereocenters. The van der Waals surface area contributed by atoms with Crippen LogP contribution in [0.3, 0.4) is 0 Å². The number of ether oxygens (including phenoxy) is 1. The molecule has 104 valence electrons. The minimum Gasteiger partial charge on any atom is -0.476 e. The molecule has 0 aromatic carbocycles. The summed E-state index contributed by atoms with van der Waals surface area (Å²) in [5.74, 6) is 0.181. The summed E-state index contributed by atoms with van der Waals surface area (Å²) < 4.78 is 7.14. The first kappa shape index (κ1) is 13.7. The van der Waals surface area contributed by atoms with Crippen molar-refractivity contribution in [3.8, 4) is 0 Å². The Hall–Kier alpha value is -1.69. The largest absolute Gasteiger partial charge is 0.476 e.